The van der Waals surface area contributed by atoms with Crippen LogP contribution in [0.2, 0.25) is 0 Å². The highest BCUT2D eigenvalue weighted by Gasteiger charge is 2.35. The van der Waals surface area contributed by atoms with Gasteiger partial charge in [0, 0.05) is 18.8 Å². The van der Waals surface area contributed by atoms with Crippen LogP contribution >= 0.6 is 0 Å². The molecule has 27 heavy (non-hydrogen) atoms. The molecule has 6 nitrogen and oxygen atoms in total. The number of carbonyl (C=O) groups is 2. The van der Waals surface area contributed by atoms with Gasteiger partial charge < -0.3 is 14.7 Å². The van der Waals surface area contributed by atoms with Crippen LogP contribution in [0.4, 0.5) is 0 Å². The third kappa shape index (κ3) is 4.84. The van der Waals surface area contributed by atoms with Crippen molar-refractivity contribution >= 4 is 11.9 Å². The minimum atomic E-state index is -0.825. The Morgan fingerprint density at radius 3 is 2.67 bits per heavy atom. The summed E-state index contributed by atoms with van der Waals surface area (Å²) < 4.78 is 5.70. The predicted molar refractivity (Wildman–Crippen MR) is 100 cm³/mol. The Bertz CT molecular complexity index is 777. The molecule has 0 bridgehead atoms. The average molecular weight is 368 g/mol. The van der Waals surface area contributed by atoms with E-state index in [1.165, 1.54) is 0 Å². The highest BCUT2D eigenvalue weighted by molar-refractivity contribution is 5.80. The van der Waals surface area contributed by atoms with Crippen LogP contribution in [-0.2, 0) is 22.6 Å². The van der Waals surface area contributed by atoms with E-state index in [0.29, 0.717) is 25.3 Å². The number of hydrogen-bond donors (Lipinski definition) is 1. The molecule has 0 radical (unpaired) electrons. The van der Waals surface area contributed by atoms with E-state index in [1.54, 1.807) is 11.1 Å². The number of hydrogen-bond acceptors (Lipinski definition) is 4. The van der Waals surface area contributed by atoms with Gasteiger partial charge in [-0.1, -0.05) is 18.2 Å². The fourth-order valence-electron chi connectivity index (χ4n) is 3.45. The molecular weight excluding hydrogens is 344 g/mol. The number of pyridine rings is 1. The van der Waals surface area contributed by atoms with Crippen molar-refractivity contribution < 1.29 is 19.4 Å². The molecule has 1 N–H and O–H groups in total. The first-order chi connectivity index (χ1) is 13.0. The molecule has 2 heterocycles. The smallest absolute Gasteiger partial charge is 0.308 e. The average Bonchev–Trinajstić information content (AvgIpc) is 2.68. The van der Waals surface area contributed by atoms with Gasteiger partial charge in [-0.15, -0.1) is 0 Å². The number of carboxylic acids is 1. The molecule has 1 saturated heterocycles. The summed E-state index contributed by atoms with van der Waals surface area (Å²) >= 11 is 0. The summed E-state index contributed by atoms with van der Waals surface area (Å²) in [5, 5.41) is 9.31. The van der Waals surface area contributed by atoms with Crippen molar-refractivity contribution in [3.8, 4) is 5.75 Å². The van der Waals surface area contributed by atoms with Crippen LogP contribution in [0.25, 0.3) is 0 Å². The third-order valence-corrected chi connectivity index (χ3v) is 5.02. The van der Waals surface area contributed by atoms with Crippen molar-refractivity contribution in [2.75, 3.05) is 6.54 Å². The number of carboxylic acid groups (broad SMARTS) is 1. The molecule has 1 aromatic heterocycles. The topological polar surface area (TPSA) is 79.7 Å². The second-order valence-electron chi connectivity index (χ2n) is 6.85. The highest BCUT2D eigenvalue weighted by Crippen LogP contribution is 2.25. The van der Waals surface area contributed by atoms with Crippen LogP contribution in [0.1, 0.15) is 31.0 Å². The normalized spacial score (nSPS) is 19.5. The Kier molecular flexibility index (Phi) is 6.06. The van der Waals surface area contributed by atoms with Crippen LogP contribution in [-0.4, -0.2) is 39.5 Å². The van der Waals surface area contributed by atoms with E-state index in [1.807, 2.05) is 49.4 Å². The van der Waals surface area contributed by atoms with Gasteiger partial charge in [-0.05, 0) is 49.6 Å². The van der Waals surface area contributed by atoms with E-state index in [9.17, 15) is 14.7 Å². The molecule has 1 amide bonds. The molecule has 1 aliphatic heterocycles. The molecule has 0 saturated carbocycles. The van der Waals surface area contributed by atoms with Crippen molar-refractivity contribution in [3.05, 3.63) is 59.9 Å². The van der Waals surface area contributed by atoms with E-state index in [-0.39, 0.29) is 18.4 Å². The summed E-state index contributed by atoms with van der Waals surface area (Å²) in [6.45, 7) is 2.83. The van der Waals surface area contributed by atoms with Crippen LogP contribution < -0.4 is 4.74 Å². The van der Waals surface area contributed by atoms with E-state index < -0.39 is 11.9 Å². The van der Waals surface area contributed by atoms with Crippen LogP contribution in [0, 0.1) is 5.92 Å². The summed E-state index contributed by atoms with van der Waals surface area (Å²) in [6.07, 6.45) is 3.34. The van der Waals surface area contributed by atoms with Crippen molar-refractivity contribution in [2.24, 2.45) is 5.92 Å². The summed E-state index contributed by atoms with van der Waals surface area (Å²) in [5.74, 6) is -0.621. The lowest BCUT2D eigenvalue weighted by Gasteiger charge is -2.37. The zero-order valence-electron chi connectivity index (χ0n) is 15.4. The third-order valence-electron chi connectivity index (χ3n) is 5.02. The Labute approximate surface area is 158 Å². The van der Waals surface area contributed by atoms with E-state index in [4.69, 9.17) is 4.74 Å². The first-order valence-corrected chi connectivity index (χ1v) is 9.18. The number of nitrogens with zero attached hydrogens (tertiary/aromatic N) is 2. The molecule has 2 aromatic rings. The van der Waals surface area contributed by atoms with Gasteiger partial charge in [0.1, 0.15) is 12.4 Å². The number of aromatic nitrogens is 1. The van der Waals surface area contributed by atoms with Crippen molar-refractivity contribution in [2.45, 2.75) is 38.8 Å². The second kappa shape index (κ2) is 8.66. The second-order valence-corrected chi connectivity index (χ2v) is 6.85. The van der Waals surface area contributed by atoms with Crippen molar-refractivity contribution in [3.63, 3.8) is 0 Å². The number of amides is 1. The lowest BCUT2D eigenvalue weighted by molar-refractivity contribution is -0.148. The fraction of sp³-hybridized carbons (Fsp3) is 0.381. The zero-order chi connectivity index (χ0) is 19.2. The molecular formula is C21H24N2O4. The maximum absolute atomic E-state index is 12.6. The Morgan fingerprint density at radius 1 is 1.22 bits per heavy atom. The lowest BCUT2D eigenvalue weighted by atomic mass is 9.90. The summed E-state index contributed by atoms with van der Waals surface area (Å²) in [4.78, 5) is 29.9. The molecule has 1 fully saturated rings. The van der Waals surface area contributed by atoms with E-state index in [0.717, 1.165) is 17.7 Å². The van der Waals surface area contributed by atoms with Gasteiger partial charge in [0.2, 0.25) is 5.91 Å². The Hall–Kier alpha value is -2.89. The molecule has 0 spiro atoms. The predicted octanol–water partition coefficient (Wildman–Crippen LogP) is 2.91. The Morgan fingerprint density at radius 2 is 2.00 bits per heavy atom. The number of aliphatic carboxylic acids is 1. The number of piperidine rings is 1. The van der Waals surface area contributed by atoms with E-state index >= 15 is 0 Å². The summed E-state index contributed by atoms with van der Waals surface area (Å²) in [5.41, 5.74) is 1.73. The van der Waals surface area contributed by atoms with Gasteiger partial charge in [-0.25, -0.2) is 0 Å². The monoisotopic (exact) mass is 368 g/mol. The standard InChI is InChI=1S/C21H24N2O4/c1-15-19(21(25)26)6-4-12-23(15)20(24)13-16-7-9-18(10-8-16)27-14-17-5-2-3-11-22-17/h2-3,5,7-11,15,19H,4,6,12-14H2,1H3,(H,25,26)/t15-,19-/m1/s1. The van der Waals surface area contributed by atoms with Crippen LogP contribution in [0.5, 0.6) is 5.75 Å². The van der Waals surface area contributed by atoms with Crippen LogP contribution in [0.3, 0.4) is 0 Å². The lowest BCUT2D eigenvalue weighted by Crippen LogP contribution is -2.49. The first-order valence-electron chi connectivity index (χ1n) is 9.18. The van der Waals surface area contributed by atoms with E-state index in [2.05, 4.69) is 4.98 Å². The highest BCUT2D eigenvalue weighted by atomic mass is 16.5. The number of rotatable bonds is 6. The molecule has 142 valence electrons. The number of likely N-dealkylation sites (tertiary alicyclic amines) is 1. The SMILES string of the molecule is C[C@@H]1[C@H](C(=O)O)CCCN1C(=O)Cc1ccc(OCc2ccccn2)cc1. The maximum atomic E-state index is 12.6. The largest absolute Gasteiger partial charge is 0.487 e. The van der Waals surface area contributed by atoms with Gasteiger partial charge in [0.05, 0.1) is 18.0 Å². The molecule has 1 aliphatic rings. The van der Waals surface area contributed by atoms with Crippen LogP contribution in [0.15, 0.2) is 48.7 Å². The molecule has 0 unspecified atom stereocenters. The molecule has 1 aromatic carbocycles. The maximum Gasteiger partial charge on any atom is 0.308 e. The molecule has 3 rings (SSSR count). The Balaban J connectivity index is 1.56. The number of benzene rings is 1. The fourth-order valence-corrected chi connectivity index (χ4v) is 3.45. The zero-order valence-corrected chi connectivity index (χ0v) is 15.4. The summed E-state index contributed by atoms with van der Waals surface area (Å²) in [7, 11) is 0. The van der Waals surface area contributed by atoms with Gasteiger partial charge in [-0.3, -0.25) is 14.6 Å². The summed E-state index contributed by atoms with van der Waals surface area (Å²) in [6, 6.07) is 12.8. The van der Waals surface area contributed by atoms with Crippen molar-refractivity contribution in [1.29, 1.82) is 0 Å². The minimum absolute atomic E-state index is 0.0318. The number of ether oxygens (including phenoxy) is 1. The first kappa shape index (κ1) is 18.9. The molecule has 2 atom stereocenters. The van der Waals surface area contributed by atoms with Gasteiger partial charge in [-0.2, -0.15) is 0 Å². The quantitative estimate of drug-likeness (QED) is 0.848. The minimum Gasteiger partial charge on any atom is -0.487 e. The molecule has 6 heteroatoms. The van der Waals surface area contributed by atoms with Gasteiger partial charge >= 0.3 is 5.97 Å². The van der Waals surface area contributed by atoms with Gasteiger partial charge in [0.25, 0.3) is 0 Å². The molecule has 0 aliphatic carbocycles. The number of carbonyl (C=O) groups excluding carboxylic acids is 1. The van der Waals surface area contributed by atoms with Crippen molar-refractivity contribution in [1.82, 2.24) is 9.88 Å². The van der Waals surface area contributed by atoms with Gasteiger partial charge in [0.15, 0.2) is 0 Å².